The molecule has 0 spiro atoms. The van der Waals surface area contributed by atoms with Crippen molar-refractivity contribution in [2.24, 2.45) is 12.0 Å². The number of aromatic amines is 1. The Morgan fingerprint density at radius 2 is 2.05 bits per heavy atom. The molecule has 1 aliphatic heterocycles. The number of nitrogens with zero attached hydrogens (tertiary/aromatic N) is 3. The van der Waals surface area contributed by atoms with Crippen LogP contribution in [0.5, 0.6) is 0 Å². The summed E-state index contributed by atoms with van der Waals surface area (Å²) >= 11 is 0. The average Bonchev–Trinajstić information content (AvgIpc) is 2.83. The Bertz CT molecular complexity index is 699. The Morgan fingerprint density at radius 3 is 2.77 bits per heavy atom. The summed E-state index contributed by atoms with van der Waals surface area (Å²) in [5.74, 6) is 0.474. The first-order chi connectivity index (χ1) is 10.5. The third kappa shape index (κ3) is 3.27. The maximum absolute atomic E-state index is 12.1. The summed E-state index contributed by atoms with van der Waals surface area (Å²) in [4.78, 5) is 30.4. The third-order valence-corrected chi connectivity index (χ3v) is 4.11. The fourth-order valence-corrected chi connectivity index (χ4v) is 2.78. The SMILES string of the molecule is CCC=CCCCCC[N+]1(C)C=Nc2c1c(=O)[nH]c(=O)n2C. The number of hydrogen-bond donors (Lipinski definition) is 1. The second-order valence-corrected chi connectivity index (χ2v) is 5.96. The van der Waals surface area contributed by atoms with E-state index in [2.05, 4.69) is 29.1 Å². The third-order valence-electron chi connectivity index (χ3n) is 4.11. The zero-order valence-electron chi connectivity index (χ0n) is 13.6. The van der Waals surface area contributed by atoms with Crippen LogP contribution in [0.15, 0.2) is 26.7 Å². The molecule has 1 N–H and O–H groups in total. The molecule has 1 aromatic heterocycles. The number of quaternary nitrogens is 1. The average molecular weight is 305 g/mol. The van der Waals surface area contributed by atoms with E-state index in [1.165, 1.54) is 4.57 Å². The van der Waals surface area contributed by atoms with Crippen LogP contribution in [0, 0.1) is 0 Å². The van der Waals surface area contributed by atoms with E-state index in [1.807, 2.05) is 7.05 Å². The van der Waals surface area contributed by atoms with Crippen molar-refractivity contribution in [2.75, 3.05) is 13.6 Å². The lowest BCUT2D eigenvalue weighted by Gasteiger charge is -2.24. The molecule has 1 unspecified atom stereocenters. The summed E-state index contributed by atoms with van der Waals surface area (Å²) in [5, 5.41) is 0. The molecule has 22 heavy (non-hydrogen) atoms. The molecule has 0 fully saturated rings. The molecular weight excluding hydrogens is 280 g/mol. The lowest BCUT2D eigenvalue weighted by Crippen LogP contribution is -2.47. The van der Waals surface area contributed by atoms with Gasteiger partial charge >= 0.3 is 11.2 Å². The van der Waals surface area contributed by atoms with Crippen LogP contribution in [0.2, 0.25) is 0 Å². The van der Waals surface area contributed by atoms with Gasteiger partial charge in [-0.3, -0.25) is 14.3 Å². The molecule has 6 heteroatoms. The molecule has 0 bridgehead atoms. The van der Waals surface area contributed by atoms with E-state index in [0.29, 0.717) is 16.0 Å². The van der Waals surface area contributed by atoms with Gasteiger partial charge in [-0.25, -0.2) is 9.28 Å². The number of aliphatic imine (C=N–C) groups is 1. The van der Waals surface area contributed by atoms with Crippen LogP contribution in [0.4, 0.5) is 11.5 Å². The van der Waals surface area contributed by atoms with Crippen molar-refractivity contribution in [1.82, 2.24) is 14.0 Å². The minimum absolute atomic E-state index is 0.330. The number of allylic oxidation sites excluding steroid dienone is 2. The van der Waals surface area contributed by atoms with E-state index in [4.69, 9.17) is 0 Å². The molecule has 1 aromatic rings. The smallest absolute Gasteiger partial charge is 0.276 e. The molecule has 2 heterocycles. The summed E-state index contributed by atoms with van der Waals surface area (Å²) in [6, 6.07) is 0. The van der Waals surface area contributed by atoms with Crippen molar-refractivity contribution in [3.8, 4) is 0 Å². The summed E-state index contributed by atoms with van der Waals surface area (Å²) in [6.07, 6.45) is 11.7. The highest BCUT2D eigenvalue weighted by molar-refractivity contribution is 5.86. The maximum Gasteiger partial charge on any atom is 0.330 e. The monoisotopic (exact) mass is 305 g/mol. The van der Waals surface area contributed by atoms with Crippen molar-refractivity contribution in [3.05, 3.63) is 33.0 Å². The van der Waals surface area contributed by atoms with E-state index in [0.717, 1.165) is 38.6 Å². The Kier molecular flexibility index (Phi) is 5.13. The zero-order chi connectivity index (χ0) is 16.2. The van der Waals surface area contributed by atoms with Crippen molar-refractivity contribution in [3.63, 3.8) is 0 Å². The standard InChI is InChI=1S/C16H24N4O2/c1-4-5-6-7-8-9-10-11-20(3)12-17-14-13(20)15(21)18-16(22)19(14)2/h5-6,12H,4,7-11H2,1-3H3/p+1. The minimum Gasteiger partial charge on any atom is -0.276 e. The molecule has 0 aliphatic carbocycles. The van der Waals surface area contributed by atoms with Crippen LogP contribution in [0.1, 0.15) is 39.0 Å². The fraction of sp³-hybridized carbons (Fsp3) is 0.562. The van der Waals surface area contributed by atoms with Gasteiger partial charge in [0.05, 0.1) is 13.6 Å². The lowest BCUT2D eigenvalue weighted by molar-refractivity contribution is 0.473. The van der Waals surface area contributed by atoms with Gasteiger partial charge in [-0.1, -0.05) is 19.1 Å². The Labute approximate surface area is 130 Å². The summed E-state index contributed by atoms with van der Waals surface area (Å²) < 4.78 is 1.76. The topological polar surface area (TPSA) is 67.2 Å². The molecule has 1 atom stereocenters. The fourth-order valence-electron chi connectivity index (χ4n) is 2.78. The van der Waals surface area contributed by atoms with Gasteiger partial charge in [-0.15, -0.1) is 0 Å². The van der Waals surface area contributed by atoms with E-state index in [9.17, 15) is 9.59 Å². The predicted molar refractivity (Wildman–Crippen MR) is 90.9 cm³/mol. The molecule has 120 valence electrons. The highest BCUT2D eigenvalue weighted by Crippen LogP contribution is 2.31. The zero-order valence-corrected chi connectivity index (χ0v) is 13.6. The van der Waals surface area contributed by atoms with Gasteiger partial charge in [-0.05, 0) is 32.1 Å². The van der Waals surface area contributed by atoms with E-state index >= 15 is 0 Å². The molecule has 6 nitrogen and oxygen atoms in total. The van der Waals surface area contributed by atoms with Crippen molar-refractivity contribution in [2.45, 2.75) is 39.0 Å². The van der Waals surface area contributed by atoms with Crippen LogP contribution in [0.25, 0.3) is 0 Å². The number of H-pyrrole nitrogens is 1. The summed E-state index contributed by atoms with van der Waals surface area (Å²) in [5.41, 5.74) is -0.186. The molecule has 1 aliphatic rings. The van der Waals surface area contributed by atoms with Crippen LogP contribution in [0.3, 0.4) is 0 Å². The van der Waals surface area contributed by atoms with Crippen molar-refractivity contribution >= 4 is 17.8 Å². The Morgan fingerprint density at radius 1 is 1.27 bits per heavy atom. The van der Waals surface area contributed by atoms with Crippen molar-refractivity contribution in [1.29, 1.82) is 0 Å². The molecule has 0 saturated heterocycles. The largest absolute Gasteiger partial charge is 0.330 e. The van der Waals surface area contributed by atoms with Gasteiger partial charge in [0, 0.05) is 7.05 Å². The second kappa shape index (κ2) is 6.87. The van der Waals surface area contributed by atoms with Gasteiger partial charge in [0.15, 0.2) is 6.34 Å². The molecule has 2 rings (SSSR count). The molecular formula is C16H25N4O2+. The van der Waals surface area contributed by atoms with E-state index < -0.39 is 5.69 Å². The van der Waals surface area contributed by atoms with E-state index in [1.54, 1.807) is 13.4 Å². The first-order valence-corrected chi connectivity index (χ1v) is 7.89. The molecule has 0 aromatic carbocycles. The number of hydrogen-bond acceptors (Lipinski definition) is 3. The Balaban J connectivity index is 2.02. The molecule has 0 radical (unpaired) electrons. The first kappa shape index (κ1) is 16.4. The predicted octanol–water partition coefficient (Wildman–Crippen LogP) is 2.21. The summed E-state index contributed by atoms with van der Waals surface area (Å²) in [7, 11) is 3.59. The van der Waals surface area contributed by atoms with Gasteiger partial charge in [0.2, 0.25) is 11.5 Å². The Hall–Kier alpha value is -1.95. The van der Waals surface area contributed by atoms with Crippen LogP contribution < -0.4 is 15.7 Å². The number of nitrogens with one attached hydrogen (secondary N) is 1. The molecule has 0 saturated carbocycles. The number of unbranched alkanes of at least 4 members (excludes halogenated alkanes) is 3. The van der Waals surface area contributed by atoms with E-state index in [-0.39, 0.29) is 5.56 Å². The van der Waals surface area contributed by atoms with Crippen LogP contribution >= 0.6 is 0 Å². The number of aromatic nitrogens is 2. The minimum atomic E-state index is -0.419. The molecule has 0 amide bonds. The maximum atomic E-state index is 12.1. The highest BCUT2D eigenvalue weighted by Gasteiger charge is 2.36. The van der Waals surface area contributed by atoms with Gasteiger partial charge in [0.1, 0.15) is 0 Å². The quantitative estimate of drug-likeness (QED) is 0.477. The van der Waals surface area contributed by atoms with Crippen molar-refractivity contribution < 1.29 is 0 Å². The first-order valence-electron chi connectivity index (χ1n) is 7.89. The highest BCUT2D eigenvalue weighted by atomic mass is 16.2. The van der Waals surface area contributed by atoms with Gasteiger partial charge in [0.25, 0.3) is 0 Å². The normalized spacial score (nSPS) is 20.0. The van der Waals surface area contributed by atoms with Gasteiger partial charge in [-0.2, -0.15) is 4.99 Å². The second-order valence-electron chi connectivity index (χ2n) is 5.96. The lowest BCUT2D eigenvalue weighted by atomic mass is 10.1. The van der Waals surface area contributed by atoms with Crippen LogP contribution in [-0.2, 0) is 7.05 Å². The number of fused-ring (bicyclic) bond motifs is 1. The van der Waals surface area contributed by atoms with Gasteiger partial charge < -0.3 is 0 Å². The van der Waals surface area contributed by atoms with Crippen LogP contribution in [-0.4, -0.2) is 29.5 Å². The number of rotatable bonds is 7. The summed E-state index contributed by atoms with van der Waals surface area (Å²) in [6.45, 7) is 2.95.